The van der Waals surface area contributed by atoms with E-state index in [1.165, 1.54) is 0 Å². The molecular formula is C19H13Br4NO2. The summed E-state index contributed by atoms with van der Waals surface area (Å²) in [4.78, 5) is 0. The highest BCUT2D eigenvalue weighted by Crippen LogP contribution is 2.46. The Bertz CT molecular complexity index is 934. The molecule has 7 heteroatoms. The summed E-state index contributed by atoms with van der Waals surface area (Å²) in [5, 5.41) is 21.4. The van der Waals surface area contributed by atoms with Gasteiger partial charge in [-0.3, -0.25) is 0 Å². The Morgan fingerprint density at radius 2 is 1.23 bits per heavy atom. The van der Waals surface area contributed by atoms with Gasteiger partial charge in [-0.25, -0.2) is 0 Å². The van der Waals surface area contributed by atoms with Crippen LogP contribution in [0.2, 0.25) is 0 Å². The molecule has 0 heterocycles. The van der Waals surface area contributed by atoms with Gasteiger partial charge >= 0.3 is 0 Å². The van der Waals surface area contributed by atoms with Gasteiger partial charge in [0.25, 0.3) is 0 Å². The highest BCUT2D eigenvalue weighted by Gasteiger charge is 2.26. The smallest absolute Gasteiger partial charge is 0.133 e. The summed E-state index contributed by atoms with van der Waals surface area (Å²) in [6.45, 7) is 0. The lowest BCUT2D eigenvalue weighted by atomic mass is 9.84. The predicted molar refractivity (Wildman–Crippen MR) is 119 cm³/mol. The third kappa shape index (κ3) is 3.96. The quantitative estimate of drug-likeness (QED) is 0.224. The summed E-state index contributed by atoms with van der Waals surface area (Å²) >= 11 is 13.7. The van der Waals surface area contributed by atoms with Crippen LogP contribution in [0.5, 0.6) is 11.5 Å². The Hall–Kier alpha value is -1.02. The minimum Gasteiger partial charge on any atom is -0.506 e. The number of anilines is 1. The lowest BCUT2D eigenvalue weighted by Gasteiger charge is -2.23. The van der Waals surface area contributed by atoms with Crippen LogP contribution in [0.3, 0.4) is 0 Å². The molecule has 3 aromatic rings. The zero-order valence-electron chi connectivity index (χ0n) is 13.2. The van der Waals surface area contributed by atoms with Crippen LogP contribution in [0, 0.1) is 0 Å². The number of phenols is 2. The summed E-state index contributed by atoms with van der Waals surface area (Å²) in [7, 11) is 0. The van der Waals surface area contributed by atoms with E-state index in [1.807, 2.05) is 30.3 Å². The molecule has 0 radical (unpaired) electrons. The lowest BCUT2D eigenvalue weighted by molar-refractivity contribution is 0.455. The van der Waals surface area contributed by atoms with Gasteiger partial charge in [0.05, 0.1) is 8.95 Å². The predicted octanol–water partition coefficient (Wildman–Crippen LogP) is 6.91. The Labute approximate surface area is 184 Å². The maximum absolute atomic E-state index is 10.7. The average Bonchev–Trinajstić information content (AvgIpc) is 2.56. The molecule has 3 nitrogen and oxygen atoms in total. The third-order valence-corrected chi connectivity index (χ3v) is 6.11. The van der Waals surface area contributed by atoms with Gasteiger partial charge in [-0.2, -0.15) is 0 Å². The van der Waals surface area contributed by atoms with Crippen molar-refractivity contribution in [2.24, 2.45) is 0 Å². The Balaban J connectivity index is 2.36. The molecule has 0 aliphatic rings. The van der Waals surface area contributed by atoms with E-state index in [2.05, 4.69) is 63.7 Å². The fraction of sp³-hybridized carbons (Fsp3) is 0.0526. The van der Waals surface area contributed by atoms with Crippen molar-refractivity contribution in [3.8, 4) is 11.5 Å². The molecule has 0 aliphatic carbocycles. The SMILES string of the molecule is Nc1cccc(C(c2cc(Br)cc(Br)c2O)c2cc(Br)cc(Br)c2O)c1. The minimum absolute atomic E-state index is 0.108. The van der Waals surface area contributed by atoms with E-state index in [4.69, 9.17) is 5.73 Å². The summed E-state index contributed by atoms with van der Waals surface area (Å²) in [6.07, 6.45) is 0. The molecule has 3 aromatic carbocycles. The molecular weight excluding hydrogens is 594 g/mol. The molecule has 0 saturated heterocycles. The van der Waals surface area contributed by atoms with Crippen molar-refractivity contribution in [3.05, 3.63) is 83.1 Å². The lowest BCUT2D eigenvalue weighted by Crippen LogP contribution is -2.06. The molecule has 0 fully saturated rings. The molecule has 0 aliphatic heterocycles. The normalized spacial score (nSPS) is 11.1. The van der Waals surface area contributed by atoms with Crippen LogP contribution in [-0.4, -0.2) is 10.2 Å². The molecule has 0 saturated carbocycles. The van der Waals surface area contributed by atoms with Crippen molar-refractivity contribution in [1.82, 2.24) is 0 Å². The van der Waals surface area contributed by atoms with Crippen LogP contribution < -0.4 is 5.73 Å². The number of nitrogens with two attached hydrogens (primary N) is 1. The Morgan fingerprint density at radius 1 is 0.731 bits per heavy atom. The standard InChI is InChI=1S/C19H13Br4NO2/c20-10-5-13(18(25)15(22)7-10)17(9-2-1-3-12(24)4-9)14-6-11(21)8-16(23)19(14)26/h1-8,17,25-26H,24H2. The van der Waals surface area contributed by atoms with Crippen LogP contribution >= 0.6 is 63.7 Å². The summed E-state index contributed by atoms with van der Waals surface area (Å²) in [6, 6.07) is 14.6. The molecule has 0 atom stereocenters. The molecule has 134 valence electrons. The van der Waals surface area contributed by atoms with Crippen LogP contribution in [-0.2, 0) is 0 Å². The largest absolute Gasteiger partial charge is 0.506 e. The molecule has 0 spiro atoms. The fourth-order valence-corrected chi connectivity index (χ4v) is 5.39. The van der Waals surface area contributed by atoms with Gasteiger partial charge in [0.15, 0.2) is 0 Å². The third-order valence-electron chi connectivity index (χ3n) is 3.98. The van der Waals surface area contributed by atoms with E-state index >= 15 is 0 Å². The topological polar surface area (TPSA) is 66.5 Å². The molecule has 0 bridgehead atoms. The van der Waals surface area contributed by atoms with Crippen molar-refractivity contribution >= 4 is 69.4 Å². The van der Waals surface area contributed by atoms with Gasteiger partial charge in [0, 0.05) is 31.7 Å². The van der Waals surface area contributed by atoms with Crippen molar-refractivity contribution in [2.75, 3.05) is 5.73 Å². The first-order chi connectivity index (χ1) is 12.3. The highest BCUT2D eigenvalue weighted by atomic mass is 79.9. The molecule has 3 rings (SSSR count). The second kappa shape index (κ2) is 7.92. The van der Waals surface area contributed by atoms with Crippen molar-refractivity contribution in [2.45, 2.75) is 5.92 Å². The first kappa shape index (κ1) is 19.7. The van der Waals surface area contributed by atoms with Crippen LogP contribution in [0.4, 0.5) is 5.69 Å². The Morgan fingerprint density at radius 3 is 1.69 bits per heavy atom. The van der Waals surface area contributed by atoms with Crippen molar-refractivity contribution in [3.63, 3.8) is 0 Å². The summed E-state index contributed by atoms with van der Waals surface area (Å²) < 4.78 is 2.73. The first-order valence-corrected chi connectivity index (χ1v) is 10.7. The highest BCUT2D eigenvalue weighted by molar-refractivity contribution is 9.11. The number of hydrogen-bond acceptors (Lipinski definition) is 3. The number of hydrogen-bond donors (Lipinski definition) is 3. The zero-order valence-corrected chi connectivity index (χ0v) is 19.5. The van der Waals surface area contributed by atoms with Crippen LogP contribution in [0.1, 0.15) is 22.6 Å². The summed E-state index contributed by atoms with van der Waals surface area (Å²) in [5.41, 5.74) is 8.72. The second-order valence-corrected chi connectivity index (χ2v) is 9.29. The molecule has 26 heavy (non-hydrogen) atoms. The first-order valence-electron chi connectivity index (χ1n) is 7.49. The van der Waals surface area contributed by atoms with Gasteiger partial charge in [-0.1, -0.05) is 44.0 Å². The maximum atomic E-state index is 10.7. The maximum Gasteiger partial charge on any atom is 0.133 e. The van der Waals surface area contributed by atoms with Crippen LogP contribution in [0.25, 0.3) is 0 Å². The van der Waals surface area contributed by atoms with E-state index in [1.54, 1.807) is 18.2 Å². The number of benzene rings is 3. The van der Waals surface area contributed by atoms with Gasteiger partial charge in [0.1, 0.15) is 11.5 Å². The van der Waals surface area contributed by atoms with Crippen LogP contribution in [0.15, 0.2) is 66.4 Å². The number of rotatable bonds is 3. The minimum atomic E-state index is -0.430. The number of phenolic OH excluding ortho intramolecular Hbond substituents is 2. The van der Waals surface area contributed by atoms with Crippen molar-refractivity contribution < 1.29 is 10.2 Å². The van der Waals surface area contributed by atoms with E-state index < -0.39 is 5.92 Å². The van der Waals surface area contributed by atoms with E-state index in [0.29, 0.717) is 25.8 Å². The molecule has 4 N–H and O–H groups in total. The molecule has 0 amide bonds. The van der Waals surface area contributed by atoms with Gasteiger partial charge in [-0.15, -0.1) is 0 Å². The van der Waals surface area contributed by atoms with Crippen molar-refractivity contribution in [1.29, 1.82) is 0 Å². The Kier molecular flexibility index (Phi) is 6.01. The van der Waals surface area contributed by atoms with E-state index in [9.17, 15) is 10.2 Å². The van der Waals surface area contributed by atoms with E-state index in [-0.39, 0.29) is 11.5 Å². The van der Waals surface area contributed by atoms with Gasteiger partial charge in [-0.05, 0) is 73.8 Å². The number of nitrogen functional groups attached to an aromatic ring is 1. The molecule has 0 unspecified atom stereocenters. The van der Waals surface area contributed by atoms with Gasteiger partial charge < -0.3 is 15.9 Å². The zero-order chi connectivity index (χ0) is 19.0. The molecule has 0 aromatic heterocycles. The fourth-order valence-electron chi connectivity index (χ4n) is 2.88. The second-order valence-electron chi connectivity index (χ2n) is 5.75. The number of halogens is 4. The monoisotopic (exact) mass is 603 g/mol. The van der Waals surface area contributed by atoms with Gasteiger partial charge in [0.2, 0.25) is 0 Å². The number of aromatic hydroxyl groups is 2. The average molecular weight is 607 g/mol. The summed E-state index contributed by atoms with van der Waals surface area (Å²) in [5.74, 6) is -0.214. The van der Waals surface area contributed by atoms with E-state index in [0.717, 1.165) is 14.5 Å².